The van der Waals surface area contributed by atoms with Gasteiger partial charge in [-0.15, -0.1) is 4.73 Å². The number of hydrogen-bond acceptors (Lipinski definition) is 4. The van der Waals surface area contributed by atoms with E-state index in [4.69, 9.17) is 9.47 Å². The molecule has 5 heteroatoms. The van der Waals surface area contributed by atoms with E-state index in [1.54, 1.807) is 0 Å². The van der Waals surface area contributed by atoms with Crippen molar-refractivity contribution in [3.8, 4) is 33.9 Å². The fourth-order valence-electron chi connectivity index (χ4n) is 3.76. The first kappa shape index (κ1) is 18.1. The highest BCUT2D eigenvalue weighted by Crippen LogP contribution is 2.39. The lowest BCUT2D eigenvalue weighted by Gasteiger charge is -2.16. The van der Waals surface area contributed by atoms with Gasteiger partial charge in [-0.25, -0.2) is 0 Å². The van der Waals surface area contributed by atoms with Gasteiger partial charge >= 0.3 is 0 Å². The van der Waals surface area contributed by atoms with E-state index in [-0.39, 0.29) is 6.79 Å². The predicted octanol–water partition coefficient (Wildman–Crippen LogP) is 4.74. The highest BCUT2D eigenvalue weighted by molar-refractivity contribution is 5.82. The minimum Gasteiger partial charge on any atom is -0.454 e. The highest BCUT2D eigenvalue weighted by Gasteiger charge is 2.20. The van der Waals surface area contributed by atoms with Crippen molar-refractivity contribution in [1.82, 2.24) is 4.73 Å². The zero-order chi connectivity index (χ0) is 20.5. The summed E-state index contributed by atoms with van der Waals surface area (Å²) in [7, 11) is 0. The van der Waals surface area contributed by atoms with Crippen molar-refractivity contribution >= 4 is 0 Å². The van der Waals surface area contributed by atoms with Crippen LogP contribution in [0.4, 0.5) is 0 Å². The maximum atomic E-state index is 13.0. The van der Waals surface area contributed by atoms with Crippen molar-refractivity contribution < 1.29 is 14.7 Å². The van der Waals surface area contributed by atoms with Crippen molar-refractivity contribution in [2.75, 3.05) is 6.79 Å². The number of benzene rings is 3. The molecule has 0 fully saturated rings. The Morgan fingerprint density at radius 2 is 1.50 bits per heavy atom. The van der Waals surface area contributed by atoms with Gasteiger partial charge in [0.05, 0.1) is 5.69 Å². The molecule has 0 saturated carbocycles. The van der Waals surface area contributed by atoms with Crippen LogP contribution in [-0.2, 0) is 6.42 Å². The third kappa shape index (κ3) is 3.20. The van der Waals surface area contributed by atoms with Gasteiger partial charge in [-0.1, -0.05) is 66.7 Å². The minimum absolute atomic E-state index is 0.184. The highest BCUT2D eigenvalue weighted by atomic mass is 16.7. The van der Waals surface area contributed by atoms with Gasteiger partial charge in [0, 0.05) is 23.1 Å². The summed E-state index contributed by atoms with van der Waals surface area (Å²) in [5.41, 5.74) is 3.84. The van der Waals surface area contributed by atoms with Crippen LogP contribution in [0.5, 0.6) is 11.5 Å². The first-order chi connectivity index (χ1) is 14.7. The maximum absolute atomic E-state index is 13.0. The van der Waals surface area contributed by atoms with E-state index in [0.29, 0.717) is 29.2 Å². The van der Waals surface area contributed by atoms with E-state index in [2.05, 4.69) is 0 Å². The van der Waals surface area contributed by atoms with Crippen LogP contribution >= 0.6 is 0 Å². The molecule has 5 rings (SSSR count). The van der Waals surface area contributed by atoms with Gasteiger partial charge in [0.2, 0.25) is 6.79 Å². The number of pyridine rings is 1. The van der Waals surface area contributed by atoms with E-state index >= 15 is 0 Å². The molecule has 0 radical (unpaired) electrons. The molecule has 3 aromatic carbocycles. The van der Waals surface area contributed by atoms with Crippen molar-refractivity contribution in [3.05, 3.63) is 106 Å². The van der Waals surface area contributed by atoms with Crippen LogP contribution in [0.1, 0.15) is 11.1 Å². The van der Waals surface area contributed by atoms with Gasteiger partial charge in [0.25, 0.3) is 5.56 Å². The Kier molecular flexibility index (Phi) is 4.48. The summed E-state index contributed by atoms with van der Waals surface area (Å²) in [6.45, 7) is 0.184. The van der Waals surface area contributed by atoms with Gasteiger partial charge in [-0.3, -0.25) is 4.79 Å². The van der Waals surface area contributed by atoms with E-state index in [1.165, 1.54) is 0 Å². The van der Waals surface area contributed by atoms with Gasteiger partial charge in [0.1, 0.15) is 0 Å². The maximum Gasteiger partial charge on any atom is 0.286 e. The van der Waals surface area contributed by atoms with Crippen molar-refractivity contribution in [2.24, 2.45) is 0 Å². The summed E-state index contributed by atoms with van der Waals surface area (Å²) in [6.07, 6.45) is 0.423. The normalized spacial score (nSPS) is 12.1. The molecule has 1 N–H and O–H groups in total. The molecule has 1 aromatic heterocycles. The van der Waals surface area contributed by atoms with Gasteiger partial charge in [-0.05, 0) is 29.3 Å². The van der Waals surface area contributed by atoms with Crippen molar-refractivity contribution in [2.45, 2.75) is 6.42 Å². The third-order valence-corrected chi connectivity index (χ3v) is 5.22. The SMILES string of the molecule is O=c1c(Cc2ccccc2)cc(-c2ccc3c(c2)OCO3)c(-c2ccccc2)n1O. The van der Waals surface area contributed by atoms with E-state index in [9.17, 15) is 10.0 Å². The standard InChI is InChI=1S/C25H19NO4/c27-25-20(13-17-7-3-1-4-8-17)14-21(19-11-12-22-23(15-19)30-16-29-22)24(26(25)28)18-9-5-2-6-10-18/h1-12,14-15,28H,13,16H2. The predicted molar refractivity (Wildman–Crippen MR) is 114 cm³/mol. The number of fused-ring (bicyclic) bond motifs is 1. The molecule has 2 heterocycles. The summed E-state index contributed by atoms with van der Waals surface area (Å²) in [5, 5.41) is 10.9. The lowest BCUT2D eigenvalue weighted by Crippen LogP contribution is -2.24. The van der Waals surface area contributed by atoms with E-state index in [0.717, 1.165) is 27.0 Å². The number of nitrogens with zero attached hydrogens (tertiary/aromatic N) is 1. The fraction of sp³-hybridized carbons (Fsp3) is 0.0800. The Morgan fingerprint density at radius 1 is 0.800 bits per heavy atom. The molecule has 0 saturated heterocycles. The summed E-state index contributed by atoms with van der Waals surface area (Å²) < 4.78 is 11.7. The fourth-order valence-corrected chi connectivity index (χ4v) is 3.76. The second-order valence-corrected chi connectivity index (χ2v) is 7.15. The van der Waals surface area contributed by atoms with Crippen LogP contribution in [0.25, 0.3) is 22.4 Å². The third-order valence-electron chi connectivity index (χ3n) is 5.22. The molecule has 0 aliphatic carbocycles. The second-order valence-electron chi connectivity index (χ2n) is 7.15. The van der Waals surface area contributed by atoms with Crippen LogP contribution in [0.3, 0.4) is 0 Å². The van der Waals surface area contributed by atoms with Crippen LogP contribution in [0.15, 0.2) is 89.7 Å². The topological polar surface area (TPSA) is 60.7 Å². The average Bonchev–Trinajstić information content (AvgIpc) is 3.26. The molecule has 30 heavy (non-hydrogen) atoms. The smallest absolute Gasteiger partial charge is 0.286 e. The van der Waals surface area contributed by atoms with Gasteiger partial charge < -0.3 is 14.7 Å². The lowest BCUT2D eigenvalue weighted by atomic mass is 9.95. The number of hydrogen-bond donors (Lipinski definition) is 1. The minimum atomic E-state index is -0.429. The first-order valence-electron chi connectivity index (χ1n) is 9.68. The molecular formula is C25H19NO4. The molecule has 0 spiro atoms. The monoisotopic (exact) mass is 397 g/mol. The zero-order valence-corrected chi connectivity index (χ0v) is 16.1. The summed E-state index contributed by atoms with van der Waals surface area (Å²) in [6, 6.07) is 26.6. The van der Waals surface area contributed by atoms with Gasteiger partial charge in [0.15, 0.2) is 11.5 Å². The zero-order valence-electron chi connectivity index (χ0n) is 16.1. The van der Waals surface area contributed by atoms with Crippen LogP contribution < -0.4 is 15.0 Å². The Labute approximate surface area is 173 Å². The van der Waals surface area contributed by atoms with Crippen LogP contribution in [0, 0.1) is 0 Å². The summed E-state index contributed by atoms with van der Waals surface area (Å²) in [5.74, 6) is 1.33. The molecular weight excluding hydrogens is 378 g/mol. The molecule has 5 nitrogen and oxygen atoms in total. The first-order valence-corrected chi connectivity index (χ1v) is 9.68. The largest absolute Gasteiger partial charge is 0.454 e. The molecule has 0 unspecified atom stereocenters. The Balaban J connectivity index is 1.72. The molecule has 0 bridgehead atoms. The molecule has 148 valence electrons. The van der Waals surface area contributed by atoms with Crippen LogP contribution in [-0.4, -0.2) is 16.7 Å². The summed E-state index contributed by atoms with van der Waals surface area (Å²) >= 11 is 0. The Bertz CT molecular complexity index is 1260. The molecule has 1 aliphatic rings. The summed E-state index contributed by atoms with van der Waals surface area (Å²) in [4.78, 5) is 13.0. The van der Waals surface area contributed by atoms with Gasteiger partial charge in [-0.2, -0.15) is 0 Å². The number of aromatic nitrogens is 1. The number of ether oxygens (including phenoxy) is 2. The molecule has 0 atom stereocenters. The lowest BCUT2D eigenvalue weighted by molar-refractivity contribution is 0.174. The quantitative estimate of drug-likeness (QED) is 0.506. The Hall–Kier alpha value is -3.99. The van der Waals surface area contributed by atoms with Crippen molar-refractivity contribution in [3.63, 3.8) is 0 Å². The van der Waals surface area contributed by atoms with E-state index in [1.807, 2.05) is 84.9 Å². The second kappa shape index (κ2) is 7.44. The molecule has 0 amide bonds. The number of rotatable bonds is 4. The van der Waals surface area contributed by atoms with Crippen molar-refractivity contribution in [1.29, 1.82) is 0 Å². The van der Waals surface area contributed by atoms with E-state index < -0.39 is 5.56 Å². The molecule has 1 aliphatic heterocycles. The van der Waals surface area contributed by atoms with Crippen LogP contribution in [0.2, 0.25) is 0 Å². The Morgan fingerprint density at radius 3 is 2.27 bits per heavy atom. The average molecular weight is 397 g/mol. The molecule has 4 aromatic rings.